The van der Waals surface area contributed by atoms with E-state index in [1.807, 2.05) is 0 Å². The van der Waals surface area contributed by atoms with Crippen molar-refractivity contribution in [2.24, 2.45) is 0 Å². The minimum atomic E-state index is -0.301. The third-order valence-corrected chi connectivity index (χ3v) is 2.77. The molecule has 0 radical (unpaired) electrons. The van der Waals surface area contributed by atoms with Gasteiger partial charge in [-0.3, -0.25) is 9.59 Å². The molecule has 0 aliphatic heterocycles. The first-order valence-electron chi connectivity index (χ1n) is 5.72. The van der Waals surface area contributed by atoms with Gasteiger partial charge in [0.1, 0.15) is 5.75 Å². The molecular weight excluding hydrogens is 244 g/mol. The molecule has 19 heavy (non-hydrogen) atoms. The number of aromatic amines is 1. The lowest BCUT2D eigenvalue weighted by molar-refractivity contribution is 0.0993. The molecule has 0 saturated heterocycles. The number of hydrogen-bond acceptors (Lipinski definition) is 3. The Morgan fingerprint density at radius 1 is 1.26 bits per heavy atom. The molecule has 0 atom stereocenters. The maximum atomic E-state index is 12.2. The van der Waals surface area contributed by atoms with Crippen LogP contribution in [0.2, 0.25) is 0 Å². The van der Waals surface area contributed by atoms with Crippen LogP contribution >= 0.6 is 0 Å². The molecule has 1 amide bonds. The summed E-state index contributed by atoms with van der Waals surface area (Å²) in [5.41, 5.74) is 0.739. The molecule has 1 aromatic heterocycles. The lowest BCUT2D eigenvalue weighted by Gasteiger charge is -2.17. The SMILES string of the molecule is COc1cccc(N(C)C(=O)c2cc[nH]c(=O)c2)c1. The summed E-state index contributed by atoms with van der Waals surface area (Å²) < 4.78 is 5.12. The van der Waals surface area contributed by atoms with Gasteiger partial charge >= 0.3 is 0 Å². The smallest absolute Gasteiger partial charge is 0.258 e. The summed E-state index contributed by atoms with van der Waals surface area (Å²) in [5, 5.41) is 0. The molecule has 5 nitrogen and oxygen atoms in total. The molecule has 2 rings (SSSR count). The number of hydrogen-bond donors (Lipinski definition) is 1. The van der Waals surface area contributed by atoms with Crippen LogP contribution in [0, 0.1) is 0 Å². The van der Waals surface area contributed by atoms with E-state index in [9.17, 15) is 9.59 Å². The van der Waals surface area contributed by atoms with Crippen LogP contribution in [0.25, 0.3) is 0 Å². The van der Waals surface area contributed by atoms with Crippen molar-refractivity contribution in [3.05, 3.63) is 58.5 Å². The molecule has 1 heterocycles. The lowest BCUT2D eigenvalue weighted by atomic mass is 10.2. The number of ether oxygens (including phenoxy) is 1. The highest BCUT2D eigenvalue weighted by Gasteiger charge is 2.14. The van der Waals surface area contributed by atoms with Crippen molar-refractivity contribution in [2.45, 2.75) is 0 Å². The summed E-state index contributed by atoms with van der Waals surface area (Å²) in [5.74, 6) is 0.419. The molecule has 0 fully saturated rings. The third kappa shape index (κ3) is 2.82. The Morgan fingerprint density at radius 3 is 2.74 bits per heavy atom. The van der Waals surface area contributed by atoms with Gasteiger partial charge in [-0.05, 0) is 18.2 Å². The summed E-state index contributed by atoms with van der Waals surface area (Å²) >= 11 is 0. The fourth-order valence-corrected chi connectivity index (χ4v) is 1.71. The fraction of sp³-hybridized carbons (Fsp3) is 0.143. The summed E-state index contributed by atoms with van der Waals surface area (Å²) in [7, 11) is 3.22. The Bertz CT molecular complexity index is 649. The van der Waals surface area contributed by atoms with Crippen molar-refractivity contribution in [2.75, 3.05) is 19.1 Å². The zero-order valence-corrected chi connectivity index (χ0v) is 10.7. The number of carbonyl (C=O) groups is 1. The largest absolute Gasteiger partial charge is 0.497 e. The number of carbonyl (C=O) groups excluding carboxylic acids is 1. The van der Waals surface area contributed by atoms with E-state index < -0.39 is 0 Å². The van der Waals surface area contributed by atoms with Crippen LogP contribution in [0.5, 0.6) is 5.75 Å². The number of anilines is 1. The maximum Gasteiger partial charge on any atom is 0.258 e. The molecule has 0 unspecified atom stereocenters. The van der Waals surface area contributed by atoms with Gasteiger partial charge in [0.25, 0.3) is 5.91 Å². The molecular formula is C14H14N2O3. The van der Waals surface area contributed by atoms with Crippen LogP contribution < -0.4 is 15.2 Å². The molecule has 98 valence electrons. The molecule has 2 aromatic rings. The van der Waals surface area contributed by atoms with E-state index in [1.54, 1.807) is 44.5 Å². The molecule has 0 aliphatic rings. The summed E-state index contributed by atoms with van der Waals surface area (Å²) in [6.45, 7) is 0. The Balaban J connectivity index is 2.30. The van der Waals surface area contributed by atoms with Gasteiger partial charge in [-0.15, -0.1) is 0 Å². The zero-order valence-electron chi connectivity index (χ0n) is 10.7. The Kier molecular flexibility index (Phi) is 3.66. The Morgan fingerprint density at radius 2 is 2.05 bits per heavy atom. The first kappa shape index (κ1) is 12.9. The first-order valence-corrected chi connectivity index (χ1v) is 5.72. The number of aromatic nitrogens is 1. The molecule has 1 N–H and O–H groups in total. The molecule has 5 heteroatoms. The van der Waals surface area contributed by atoms with Crippen molar-refractivity contribution >= 4 is 11.6 Å². The van der Waals surface area contributed by atoms with Gasteiger partial charge in [-0.1, -0.05) is 6.07 Å². The summed E-state index contributed by atoms with van der Waals surface area (Å²) in [4.78, 5) is 27.4. The van der Waals surface area contributed by atoms with Crippen LogP contribution in [0.3, 0.4) is 0 Å². The second-order valence-corrected chi connectivity index (χ2v) is 4.01. The highest BCUT2D eigenvalue weighted by atomic mass is 16.5. The summed E-state index contributed by atoms with van der Waals surface area (Å²) in [6, 6.07) is 10.0. The molecule has 0 aliphatic carbocycles. The maximum absolute atomic E-state index is 12.2. The number of benzene rings is 1. The Hall–Kier alpha value is -2.56. The number of nitrogens with zero attached hydrogens (tertiary/aromatic N) is 1. The second-order valence-electron chi connectivity index (χ2n) is 4.01. The number of methoxy groups -OCH3 is 1. The van der Waals surface area contributed by atoms with Crippen LogP contribution in [0.1, 0.15) is 10.4 Å². The van der Waals surface area contributed by atoms with E-state index in [2.05, 4.69) is 4.98 Å². The van der Waals surface area contributed by atoms with Gasteiger partial charge in [0.05, 0.1) is 7.11 Å². The third-order valence-electron chi connectivity index (χ3n) is 2.77. The van der Waals surface area contributed by atoms with Crippen molar-refractivity contribution in [3.63, 3.8) is 0 Å². The first-order chi connectivity index (χ1) is 9.11. The number of nitrogens with one attached hydrogen (secondary N) is 1. The van der Waals surface area contributed by atoms with Gasteiger partial charge in [0, 0.05) is 36.6 Å². The van der Waals surface area contributed by atoms with Crippen molar-refractivity contribution in [1.29, 1.82) is 0 Å². The van der Waals surface area contributed by atoms with Crippen molar-refractivity contribution < 1.29 is 9.53 Å². The summed E-state index contributed by atoms with van der Waals surface area (Å²) in [6.07, 6.45) is 1.45. The quantitative estimate of drug-likeness (QED) is 0.910. The monoisotopic (exact) mass is 258 g/mol. The van der Waals surface area contributed by atoms with E-state index in [1.165, 1.54) is 17.2 Å². The zero-order chi connectivity index (χ0) is 13.8. The van der Waals surface area contributed by atoms with E-state index in [4.69, 9.17) is 4.74 Å². The normalized spacial score (nSPS) is 10.0. The van der Waals surface area contributed by atoms with Gasteiger partial charge in [-0.2, -0.15) is 0 Å². The van der Waals surface area contributed by atoms with Gasteiger partial charge < -0.3 is 14.6 Å². The van der Waals surface area contributed by atoms with Gasteiger partial charge in [0.2, 0.25) is 5.56 Å². The predicted octanol–water partition coefficient (Wildman–Crippen LogP) is 1.66. The van der Waals surface area contributed by atoms with E-state index >= 15 is 0 Å². The van der Waals surface area contributed by atoms with E-state index in [0.29, 0.717) is 17.0 Å². The average molecular weight is 258 g/mol. The van der Waals surface area contributed by atoms with Gasteiger partial charge in [-0.25, -0.2) is 0 Å². The number of amides is 1. The highest BCUT2D eigenvalue weighted by Crippen LogP contribution is 2.21. The fourth-order valence-electron chi connectivity index (χ4n) is 1.71. The second kappa shape index (κ2) is 5.39. The predicted molar refractivity (Wildman–Crippen MR) is 72.8 cm³/mol. The minimum absolute atomic E-state index is 0.251. The van der Waals surface area contributed by atoms with E-state index in [0.717, 1.165) is 0 Å². The van der Waals surface area contributed by atoms with Crippen molar-refractivity contribution in [3.8, 4) is 5.75 Å². The lowest BCUT2D eigenvalue weighted by Crippen LogP contribution is -2.27. The highest BCUT2D eigenvalue weighted by molar-refractivity contribution is 6.05. The molecule has 0 bridgehead atoms. The standard InChI is InChI=1S/C14H14N2O3/c1-16(11-4-3-5-12(9-11)19-2)14(18)10-6-7-15-13(17)8-10/h3-9H,1-2H3,(H,15,17). The molecule has 0 spiro atoms. The number of rotatable bonds is 3. The minimum Gasteiger partial charge on any atom is -0.497 e. The average Bonchev–Trinajstić information content (AvgIpc) is 2.45. The van der Waals surface area contributed by atoms with Crippen LogP contribution in [0.15, 0.2) is 47.4 Å². The molecule has 1 aromatic carbocycles. The molecule has 0 saturated carbocycles. The number of pyridine rings is 1. The van der Waals surface area contributed by atoms with Crippen molar-refractivity contribution in [1.82, 2.24) is 4.98 Å². The topological polar surface area (TPSA) is 62.4 Å². The Labute approximate surface area is 110 Å². The van der Waals surface area contributed by atoms with E-state index in [-0.39, 0.29) is 11.5 Å². The number of H-pyrrole nitrogens is 1. The van der Waals surface area contributed by atoms with Crippen LogP contribution in [0.4, 0.5) is 5.69 Å². The van der Waals surface area contributed by atoms with Crippen LogP contribution in [-0.4, -0.2) is 25.0 Å². The van der Waals surface area contributed by atoms with Gasteiger partial charge in [0.15, 0.2) is 0 Å². The van der Waals surface area contributed by atoms with Crippen LogP contribution in [-0.2, 0) is 0 Å².